The Morgan fingerprint density at radius 2 is 1.95 bits per heavy atom. The van der Waals surface area contributed by atoms with Crippen LogP contribution in [-0.2, 0) is 9.59 Å². The van der Waals surface area contributed by atoms with Gasteiger partial charge < -0.3 is 10.2 Å². The molecule has 2 amide bonds. The molecular weight excluding hydrogens is 284 g/mol. The van der Waals surface area contributed by atoms with E-state index in [0.717, 1.165) is 11.3 Å². The summed E-state index contributed by atoms with van der Waals surface area (Å²) in [5.41, 5.74) is 12.1. The molecule has 2 rings (SSSR count). The minimum atomic E-state index is -0.573. The van der Waals surface area contributed by atoms with Gasteiger partial charge in [-0.3, -0.25) is 25.9 Å². The first kappa shape index (κ1) is 15.4. The van der Waals surface area contributed by atoms with E-state index in [1.807, 2.05) is 12.1 Å². The van der Waals surface area contributed by atoms with Crippen molar-refractivity contribution in [3.8, 4) is 5.75 Å². The van der Waals surface area contributed by atoms with E-state index in [1.54, 1.807) is 19.2 Å². The van der Waals surface area contributed by atoms with Crippen molar-refractivity contribution >= 4 is 17.5 Å². The molecule has 7 nitrogen and oxygen atoms in total. The molecule has 0 radical (unpaired) electrons. The molecule has 7 heteroatoms. The van der Waals surface area contributed by atoms with E-state index in [1.165, 1.54) is 0 Å². The van der Waals surface area contributed by atoms with Crippen molar-refractivity contribution in [1.29, 1.82) is 0 Å². The van der Waals surface area contributed by atoms with Gasteiger partial charge in [-0.25, -0.2) is 0 Å². The van der Waals surface area contributed by atoms with Gasteiger partial charge in [-0.05, 0) is 29.8 Å². The second kappa shape index (κ2) is 6.66. The number of methoxy groups -OCH3 is 1. The summed E-state index contributed by atoms with van der Waals surface area (Å²) in [4.78, 5) is 23.3. The van der Waals surface area contributed by atoms with E-state index < -0.39 is 5.92 Å². The molecular formula is C15H18N4O3. The molecule has 4 N–H and O–H groups in total. The molecule has 1 aromatic carbocycles. The van der Waals surface area contributed by atoms with Crippen LogP contribution in [0.15, 0.2) is 43.1 Å². The monoisotopic (exact) mass is 302 g/mol. The van der Waals surface area contributed by atoms with Crippen LogP contribution < -0.4 is 26.4 Å². The Morgan fingerprint density at radius 1 is 1.27 bits per heavy atom. The Hall–Kier alpha value is -2.96. The maximum atomic E-state index is 11.8. The molecule has 1 atom stereocenters. The molecule has 1 aromatic rings. The molecule has 1 saturated heterocycles. The van der Waals surface area contributed by atoms with Crippen molar-refractivity contribution < 1.29 is 14.3 Å². The molecule has 0 saturated carbocycles. The van der Waals surface area contributed by atoms with Crippen molar-refractivity contribution in [2.45, 2.75) is 6.42 Å². The minimum Gasteiger partial charge on any atom is -0.497 e. The third-order valence-corrected chi connectivity index (χ3v) is 3.26. The van der Waals surface area contributed by atoms with Crippen molar-refractivity contribution in [3.05, 3.63) is 48.7 Å². The smallest absolute Gasteiger partial charge is 0.247 e. The van der Waals surface area contributed by atoms with Crippen molar-refractivity contribution in [1.82, 2.24) is 21.7 Å². The average Bonchev–Trinajstić information content (AvgIpc) is 2.84. The highest BCUT2D eigenvalue weighted by molar-refractivity contribution is 5.89. The average molecular weight is 302 g/mol. The van der Waals surface area contributed by atoms with Gasteiger partial charge in [-0.1, -0.05) is 13.2 Å². The summed E-state index contributed by atoms with van der Waals surface area (Å²) in [5.74, 6) is -0.441. The van der Waals surface area contributed by atoms with Gasteiger partial charge in [-0.15, -0.1) is 0 Å². The predicted molar refractivity (Wildman–Crippen MR) is 81.8 cm³/mol. The van der Waals surface area contributed by atoms with E-state index in [2.05, 4.69) is 34.9 Å². The number of amides is 2. The Balaban J connectivity index is 1.83. The van der Waals surface area contributed by atoms with Crippen LogP contribution in [0.1, 0.15) is 12.0 Å². The first-order chi connectivity index (χ1) is 10.5. The van der Waals surface area contributed by atoms with Crippen LogP contribution in [0.4, 0.5) is 0 Å². The van der Waals surface area contributed by atoms with Crippen LogP contribution in [-0.4, -0.2) is 18.9 Å². The maximum absolute atomic E-state index is 11.8. The number of benzene rings is 1. The largest absolute Gasteiger partial charge is 0.497 e. The molecule has 0 spiro atoms. The minimum absolute atomic E-state index is 0.000555. The maximum Gasteiger partial charge on any atom is 0.247 e. The van der Waals surface area contributed by atoms with Crippen molar-refractivity contribution in [3.63, 3.8) is 0 Å². The van der Waals surface area contributed by atoms with Crippen LogP contribution in [0.2, 0.25) is 0 Å². The molecule has 1 fully saturated rings. The number of carbonyl (C=O) groups is 2. The summed E-state index contributed by atoms with van der Waals surface area (Å²) in [6.07, 6.45) is 0.000555. The Labute approximate surface area is 128 Å². The molecule has 0 aromatic heterocycles. The Kier molecular flexibility index (Phi) is 4.67. The lowest BCUT2D eigenvalue weighted by atomic mass is 10.0. The highest BCUT2D eigenvalue weighted by Crippen LogP contribution is 2.16. The first-order valence-electron chi connectivity index (χ1n) is 6.64. The van der Waals surface area contributed by atoms with Gasteiger partial charge in [-0.2, -0.15) is 0 Å². The van der Waals surface area contributed by atoms with Gasteiger partial charge in [0.25, 0.3) is 0 Å². The van der Waals surface area contributed by atoms with Crippen LogP contribution in [0, 0.1) is 5.92 Å². The lowest BCUT2D eigenvalue weighted by Crippen LogP contribution is -2.37. The molecule has 0 aliphatic carbocycles. The van der Waals surface area contributed by atoms with Gasteiger partial charge in [0.2, 0.25) is 11.8 Å². The number of ether oxygens (including phenoxy) is 1. The zero-order chi connectivity index (χ0) is 16.1. The second-order valence-electron chi connectivity index (χ2n) is 4.78. The summed E-state index contributed by atoms with van der Waals surface area (Å²) in [7, 11) is 1.59. The Morgan fingerprint density at radius 3 is 2.50 bits per heavy atom. The quantitative estimate of drug-likeness (QED) is 0.572. The fraction of sp³-hybridized carbons (Fsp3) is 0.200. The van der Waals surface area contributed by atoms with E-state index in [9.17, 15) is 9.59 Å². The van der Waals surface area contributed by atoms with Gasteiger partial charge in [0.1, 0.15) is 5.75 Å². The molecule has 116 valence electrons. The summed E-state index contributed by atoms with van der Waals surface area (Å²) in [5, 5.41) is 0. The predicted octanol–water partition coefficient (Wildman–Crippen LogP) is 0.441. The van der Waals surface area contributed by atoms with Gasteiger partial charge in [0.15, 0.2) is 0 Å². The Bertz CT molecular complexity index is 594. The fourth-order valence-corrected chi connectivity index (χ4v) is 1.94. The molecule has 0 bridgehead atoms. The fourth-order valence-electron chi connectivity index (χ4n) is 1.94. The molecule has 1 aliphatic heterocycles. The third kappa shape index (κ3) is 3.57. The third-order valence-electron chi connectivity index (χ3n) is 3.26. The van der Waals surface area contributed by atoms with Crippen LogP contribution in [0.25, 0.3) is 5.70 Å². The molecule has 1 unspecified atom stereocenters. The lowest BCUT2D eigenvalue weighted by Gasteiger charge is -2.13. The molecule has 22 heavy (non-hydrogen) atoms. The molecule has 1 heterocycles. The van der Waals surface area contributed by atoms with E-state index >= 15 is 0 Å². The summed E-state index contributed by atoms with van der Waals surface area (Å²) in [6, 6.07) is 7.22. The van der Waals surface area contributed by atoms with E-state index in [4.69, 9.17) is 4.74 Å². The number of hydrazine groups is 2. The van der Waals surface area contributed by atoms with Gasteiger partial charge in [0, 0.05) is 12.1 Å². The van der Waals surface area contributed by atoms with Crippen molar-refractivity contribution in [2.24, 2.45) is 5.92 Å². The first-order valence-corrected chi connectivity index (χ1v) is 6.64. The van der Waals surface area contributed by atoms with Gasteiger partial charge in [0.05, 0.1) is 18.7 Å². The summed E-state index contributed by atoms with van der Waals surface area (Å²) in [6.45, 7) is 7.51. The number of hydrogen-bond acceptors (Lipinski definition) is 5. The highest BCUT2D eigenvalue weighted by atomic mass is 16.5. The second-order valence-corrected chi connectivity index (χ2v) is 4.78. The van der Waals surface area contributed by atoms with Crippen LogP contribution >= 0.6 is 0 Å². The molecule has 1 aliphatic rings. The summed E-state index contributed by atoms with van der Waals surface area (Å²) < 4.78 is 5.07. The normalized spacial score (nSPS) is 16.5. The highest BCUT2D eigenvalue weighted by Gasteiger charge is 2.30. The summed E-state index contributed by atoms with van der Waals surface area (Å²) >= 11 is 0. The van der Waals surface area contributed by atoms with Crippen LogP contribution in [0.3, 0.4) is 0 Å². The lowest BCUT2D eigenvalue weighted by molar-refractivity contribution is -0.128. The van der Waals surface area contributed by atoms with Crippen molar-refractivity contribution in [2.75, 3.05) is 7.11 Å². The zero-order valence-corrected chi connectivity index (χ0v) is 12.2. The topological polar surface area (TPSA) is 91.5 Å². The van der Waals surface area contributed by atoms with Gasteiger partial charge >= 0.3 is 0 Å². The number of carbonyl (C=O) groups excluding carboxylic acids is 2. The number of rotatable bonds is 6. The number of hydrogen-bond donors (Lipinski definition) is 4. The van der Waals surface area contributed by atoms with E-state index in [0.29, 0.717) is 11.4 Å². The zero-order valence-electron chi connectivity index (χ0n) is 12.2. The van der Waals surface area contributed by atoms with Crippen LogP contribution in [0.5, 0.6) is 5.75 Å². The number of nitrogens with one attached hydrogen (secondary N) is 4. The SMILES string of the molecule is C=C(NNC(=O)CC1C(=C)NNC1=O)c1ccc(OC)cc1. The van der Waals surface area contributed by atoms with E-state index in [-0.39, 0.29) is 18.2 Å². The standard InChI is InChI=1S/C15H18N4O3/c1-9(11-4-6-12(22-3)7-5-11)16-18-14(20)8-13-10(2)17-19-15(13)21/h4-7,13,16-17H,1-2,8H2,3H3,(H,18,20)(H,19,21).